The zero-order chi connectivity index (χ0) is 21.9. The van der Waals surface area contributed by atoms with Crippen molar-refractivity contribution in [3.8, 4) is 22.7 Å². The lowest BCUT2D eigenvalue weighted by atomic mass is 10.1. The normalized spacial score (nSPS) is 13.9. The topological polar surface area (TPSA) is 75.4 Å². The highest BCUT2D eigenvalue weighted by Crippen LogP contribution is 2.24. The lowest BCUT2D eigenvalue weighted by Gasteiger charge is -2.35. The van der Waals surface area contributed by atoms with E-state index in [1.807, 2.05) is 36.4 Å². The number of halogens is 1. The van der Waals surface area contributed by atoms with Crippen LogP contribution in [-0.2, 0) is 0 Å². The van der Waals surface area contributed by atoms with Crippen molar-refractivity contribution in [2.75, 3.05) is 31.1 Å². The summed E-state index contributed by atoms with van der Waals surface area (Å²) in [5, 5.41) is 3.86. The maximum Gasteiger partial charge on any atom is 0.276 e. The monoisotopic (exact) mass is 429 g/mol. The van der Waals surface area contributed by atoms with Crippen LogP contribution in [0.25, 0.3) is 22.7 Å². The van der Waals surface area contributed by atoms with Crippen molar-refractivity contribution in [2.24, 2.45) is 0 Å². The van der Waals surface area contributed by atoms with Crippen LogP contribution in [0.5, 0.6) is 0 Å². The third kappa shape index (κ3) is 3.94. The van der Waals surface area contributed by atoms with E-state index in [0.29, 0.717) is 32.0 Å². The van der Waals surface area contributed by atoms with Crippen LogP contribution in [0, 0.1) is 5.82 Å². The minimum Gasteiger partial charge on any atom is -0.355 e. The molecule has 0 radical (unpaired) electrons. The van der Waals surface area contributed by atoms with Crippen molar-refractivity contribution in [1.82, 2.24) is 20.0 Å². The summed E-state index contributed by atoms with van der Waals surface area (Å²) in [7, 11) is 0. The number of aromatic nitrogens is 3. The molecule has 1 amide bonds. The molecule has 0 N–H and O–H groups in total. The van der Waals surface area contributed by atoms with E-state index in [-0.39, 0.29) is 22.9 Å². The number of carbonyl (C=O) groups is 1. The highest BCUT2D eigenvalue weighted by atomic mass is 19.1. The van der Waals surface area contributed by atoms with Crippen LogP contribution in [0.1, 0.15) is 10.5 Å². The van der Waals surface area contributed by atoms with Crippen LogP contribution in [0.3, 0.4) is 0 Å². The molecule has 32 heavy (non-hydrogen) atoms. The smallest absolute Gasteiger partial charge is 0.276 e. The summed E-state index contributed by atoms with van der Waals surface area (Å²) in [6.45, 7) is 2.31. The Morgan fingerprint density at radius 2 is 1.69 bits per heavy atom. The molecule has 1 aliphatic rings. The average Bonchev–Trinajstić information content (AvgIpc) is 3.35. The number of anilines is 1. The summed E-state index contributed by atoms with van der Waals surface area (Å²) in [5.41, 5.74) is 1.41. The van der Waals surface area contributed by atoms with E-state index in [1.54, 1.807) is 29.3 Å². The minimum atomic E-state index is -0.420. The van der Waals surface area contributed by atoms with E-state index >= 15 is 0 Å². The first-order chi connectivity index (χ1) is 15.7. The van der Waals surface area contributed by atoms with Crippen LogP contribution in [0.2, 0.25) is 0 Å². The zero-order valence-electron chi connectivity index (χ0n) is 17.2. The van der Waals surface area contributed by atoms with Gasteiger partial charge in [-0.2, -0.15) is 0 Å². The Bertz CT molecular complexity index is 1240. The minimum absolute atomic E-state index is 0.171. The van der Waals surface area contributed by atoms with E-state index in [1.165, 1.54) is 12.1 Å². The van der Waals surface area contributed by atoms with Gasteiger partial charge in [0.25, 0.3) is 5.91 Å². The molecule has 0 spiro atoms. The fraction of sp³-hybridized carbons (Fsp3) is 0.167. The first kappa shape index (κ1) is 19.9. The van der Waals surface area contributed by atoms with Crippen molar-refractivity contribution in [1.29, 1.82) is 0 Å². The number of rotatable bonds is 4. The Morgan fingerprint density at radius 3 is 2.47 bits per heavy atom. The van der Waals surface area contributed by atoms with E-state index in [9.17, 15) is 9.18 Å². The Labute approximate surface area is 184 Å². The highest BCUT2D eigenvalue weighted by Gasteiger charge is 2.26. The van der Waals surface area contributed by atoms with Crippen molar-refractivity contribution in [2.45, 2.75) is 0 Å². The first-order valence-corrected chi connectivity index (χ1v) is 10.3. The van der Waals surface area contributed by atoms with Crippen molar-refractivity contribution in [3.63, 3.8) is 0 Å². The van der Waals surface area contributed by atoms with Gasteiger partial charge in [-0.25, -0.2) is 14.4 Å². The molecule has 0 bridgehead atoms. The quantitative estimate of drug-likeness (QED) is 0.490. The molecule has 160 valence electrons. The van der Waals surface area contributed by atoms with Gasteiger partial charge in [-0.3, -0.25) is 4.79 Å². The van der Waals surface area contributed by atoms with Gasteiger partial charge in [0.15, 0.2) is 17.3 Å². The second kappa shape index (κ2) is 8.58. The standard InChI is InChI=1S/C24H20FN5O2/c25-19-9-5-4-8-18(19)21-16-20(28-32-21)24(31)30-14-12-29(13-15-30)22-10-11-26-23(27-22)17-6-2-1-3-7-17/h1-11,16H,12-15H2. The van der Waals surface area contributed by atoms with E-state index < -0.39 is 5.82 Å². The van der Waals surface area contributed by atoms with Gasteiger partial charge >= 0.3 is 0 Å². The second-order valence-electron chi connectivity index (χ2n) is 7.44. The van der Waals surface area contributed by atoms with Gasteiger partial charge in [0.2, 0.25) is 0 Å². The average molecular weight is 429 g/mol. The molecular weight excluding hydrogens is 409 g/mol. The predicted octanol–water partition coefficient (Wildman–Crippen LogP) is 3.90. The summed E-state index contributed by atoms with van der Waals surface area (Å²) in [6.07, 6.45) is 1.75. The Kier molecular flexibility index (Phi) is 5.33. The molecule has 2 aromatic heterocycles. The van der Waals surface area contributed by atoms with Gasteiger partial charge < -0.3 is 14.3 Å². The molecule has 0 saturated carbocycles. The Balaban J connectivity index is 1.26. The van der Waals surface area contributed by atoms with Gasteiger partial charge in [0, 0.05) is 44.0 Å². The van der Waals surface area contributed by atoms with Crippen LogP contribution in [-0.4, -0.2) is 52.1 Å². The maximum absolute atomic E-state index is 14.0. The Hall–Kier alpha value is -4.07. The highest BCUT2D eigenvalue weighted by molar-refractivity contribution is 5.93. The molecular formula is C24H20FN5O2. The molecule has 3 heterocycles. The zero-order valence-corrected chi connectivity index (χ0v) is 17.2. The van der Waals surface area contributed by atoms with Crippen LogP contribution >= 0.6 is 0 Å². The summed E-state index contributed by atoms with van der Waals surface area (Å²) in [4.78, 5) is 25.8. The molecule has 1 aliphatic heterocycles. The first-order valence-electron chi connectivity index (χ1n) is 10.3. The van der Waals surface area contributed by atoms with Crippen molar-refractivity contribution < 1.29 is 13.7 Å². The molecule has 2 aromatic carbocycles. The number of hydrogen-bond donors (Lipinski definition) is 0. The third-order valence-electron chi connectivity index (χ3n) is 5.43. The fourth-order valence-corrected chi connectivity index (χ4v) is 3.72. The maximum atomic E-state index is 14.0. The summed E-state index contributed by atoms with van der Waals surface area (Å²) >= 11 is 0. The van der Waals surface area contributed by atoms with Gasteiger partial charge in [-0.05, 0) is 18.2 Å². The lowest BCUT2D eigenvalue weighted by Crippen LogP contribution is -2.49. The molecule has 5 rings (SSSR count). The summed E-state index contributed by atoms with van der Waals surface area (Å²) < 4.78 is 19.2. The number of hydrogen-bond acceptors (Lipinski definition) is 6. The summed E-state index contributed by atoms with van der Waals surface area (Å²) in [5.74, 6) is 1.08. The molecule has 0 aliphatic carbocycles. The molecule has 0 unspecified atom stereocenters. The largest absolute Gasteiger partial charge is 0.355 e. The van der Waals surface area contributed by atoms with Gasteiger partial charge in [-0.15, -0.1) is 0 Å². The number of carbonyl (C=O) groups excluding carboxylic acids is 1. The van der Waals surface area contributed by atoms with Crippen LogP contribution < -0.4 is 4.90 Å². The van der Waals surface area contributed by atoms with Gasteiger partial charge in [-0.1, -0.05) is 47.6 Å². The predicted molar refractivity (Wildman–Crippen MR) is 117 cm³/mol. The second-order valence-corrected chi connectivity index (χ2v) is 7.44. The van der Waals surface area contributed by atoms with E-state index in [4.69, 9.17) is 4.52 Å². The Morgan fingerprint density at radius 1 is 0.938 bits per heavy atom. The third-order valence-corrected chi connectivity index (χ3v) is 5.43. The van der Waals surface area contributed by atoms with Crippen LogP contribution in [0.15, 0.2) is 77.4 Å². The van der Waals surface area contributed by atoms with Gasteiger partial charge in [0.1, 0.15) is 11.6 Å². The van der Waals surface area contributed by atoms with Crippen LogP contribution in [0.4, 0.5) is 10.2 Å². The van der Waals surface area contributed by atoms with Crippen molar-refractivity contribution in [3.05, 3.63) is 84.4 Å². The van der Waals surface area contributed by atoms with Crippen molar-refractivity contribution >= 4 is 11.7 Å². The fourth-order valence-electron chi connectivity index (χ4n) is 3.72. The summed E-state index contributed by atoms with van der Waals surface area (Å²) in [6, 6.07) is 19.4. The van der Waals surface area contributed by atoms with E-state index in [0.717, 1.165) is 11.4 Å². The molecule has 7 nitrogen and oxygen atoms in total. The molecule has 0 atom stereocenters. The van der Waals surface area contributed by atoms with E-state index in [2.05, 4.69) is 20.0 Å². The molecule has 1 fully saturated rings. The number of piperazine rings is 1. The number of benzene rings is 2. The SMILES string of the molecule is O=C(c1cc(-c2ccccc2F)on1)N1CCN(c2ccnc(-c3ccccc3)n2)CC1. The number of nitrogens with zero attached hydrogens (tertiary/aromatic N) is 5. The molecule has 8 heteroatoms. The lowest BCUT2D eigenvalue weighted by molar-refractivity contribution is 0.0736. The molecule has 1 saturated heterocycles. The van der Waals surface area contributed by atoms with Gasteiger partial charge in [0.05, 0.1) is 5.56 Å². The number of amides is 1. The molecule has 4 aromatic rings.